The second kappa shape index (κ2) is 9.99. The van der Waals surface area contributed by atoms with Crippen LogP contribution in [0.3, 0.4) is 0 Å². The monoisotopic (exact) mass is 478 g/mol. The first-order valence-corrected chi connectivity index (χ1v) is 11.2. The third-order valence-electron chi connectivity index (χ3n) is 5.61. The van der Waals surface area contributed by atoms with Crippen molar-refractivity contribution in [2.45, 2.75) is 76.7 Å². The molecule has 2 aromatic heterocycles. The van der Waals surface area contributed by atoms with Crippen molar-refractivity contribution in [3.63, 3.8) is 0 Å². The van der Waals surface area contributed by atoms with Gasteiger partial charge in [-0.3, -0.25) is 19.4 Å². The summed E-state index contributed by atoms with van der Waals surface area (Å²) in [7, 11) is 0. The van der Waals surface area contributed by atoms with Crippen molar-refractivity contribution < 1.29 is 22.8 Å². The zero-order chi connectivity index (χ0) is 25.1. The smallest absolute Gasteiger partial charge is 0.349 e. The molecule has 2 heterocycles. The number of carbonyl (C=O) groups excluding carboxylic acids is 2. The van der Waals surface area contributed by atoms with Gasteiger partial charge in [-0.25, -0.2) is 0 Å². The van der Waals surface area contributed by atoms with Crippen molar-refractivity contribution >= 4 is 11.8 Å². The van der Waals surface area contributed by atoms with Crippen LogP contribution >= 0.6 is 0 Å². The Morgan fingerprint density at radius 1 is 1.03 bits per heavy atom. The molecule has 0 spiro atoms. The van der Waals surface area contributed by atoms with Crippen molar-refractivity contribution in [3.05, 3.63) is 63.8 Å². The van der Waals surface area contributed by atoms with Crippen LogP contribution in [0.5, 0.6) is 0 Å². The van der Waals surface area contributed by atoms with Gasteiger partial charge in [-0.1, -0.05) is 25.3 Å². The first kappa shape index (κ1) is 25.5. The maximum atomic E-state index is 13.7. The molecule has 1 aliphatic carbocycles. The van der Waals surface area contributed by atoms with Gasteiger partial charge in [0.05, 0.1) is 5.69 Å². The first-order chi connectivity index (χ1) is 15.9. The number of aromatic nitrogens is 2. The standard InChI is InChI=1S/C24H29F3N4O3/c1-23(2,3)30-22(34)17-14-31(15-9-5-4-6-10-15)13-16(19(17)32)21(33)29-20(24(25,26)27)18-11-7-8-12-28-18/h7-8,11-15,20H,4-6,9-10H2,1-3H3,(H,29,33)(H,30,34)/t20-/m1/s1. The highest BCUT2D eigenvalue weighted by Crippen LogP contribution is 2.32. The minimum absolute atomic E-state index is 0.0590. The SMILES string of the molecule is CC(C)(C)NC(=O)c1cn(C2CCCCC2)cc(C(=O)N[C@H](c2ccccn2)C(F)(F)F)c1=O. The number of nitrogens with one attached hydrogen (secondary N) is 2. The third-order valence-corrected chi connectivity index (χ3v) is 5.61. The van der Waals surface area contributed by atoms with Crippen LogP contribution in [0.1, 0.15) is 91.4 Å². The van der Waals surface area contributed by atoms with Crippen LogP contribution in [0.4, 0.5) is 13.2 Å². The van der Waals surface area contributed by atoms with Crippen LogP contribution in [0.25, 0.3) is 0 Å². The maximum absolute atomic E-state index is 13.7. The molecule has 1 saturated carbocycles. The van der Waals surface area contributed by atoms with E-state index in [1.165, 1.54) is 30.7 Å². The van der Waals surface area contributed by atoms with Gasteiger partial charge in [-0.15, -0.1) is 0 Å². The Labute approximate surface area is 195 Å². The summed E-state index contributed by atoms with van der Waals surface area (Å²) in [6.07, 6.45) is 3.51. The molecule has 2 N–H and O–H groups in total. The Kier molecular flexibility index (Phi) is 7.48. The molecule has 0 aliphatic heterocycles. The molecule has 7 nitrogen and oxygen atoms in total. The van der Waals surface area contributed by atoms with Crippen LogP contribution in [-0.2, 0) is 0 Å². The summed E-state index contributed by atoms with van der Waals surface area (Å²) >= 11 is 0. The fourth-order valence-electron chi connectivity index (χ4n) is 4.00. The van der Waals surface area contributed by atoms with E-state index in [4.69, 9.17) is 0 Å². The lowest BCUT2D eigenvalue weighted by atomic mass is 9.95. The highest BCUT2D eigenvalue weighted by molar-refractivity contribution is 5.99. The zero-order valence-corrected chi connectivity index (χ0v) is 19.4. The van der Waals surface area contributed by atoms with E-state index in [1.807, 2.05) is 5.32 Å². The number of rotatable bonds is 5. The number of alkyl halides is 3. The molecular formula is C24H29F3N4O3. The molecule has 184 valence electrons. The molecule has 0 saturated heterocycles. The van der Waals surface area contributed by atoms with Crippen molar-refractivity contribution in [1.82, 2.24) is 20.2 Å². The van der Waals surface area contributed by atoms with E-state index in [-0.39, 0.29) is 11.6 Å². The van der Waals surface area contributed by atoms with E-state index in [2.05, 4.69) is 10.3 Å². The molecule has 0 aromatic carbocycles. The quantitative estimate of drug-likeness (QED) is 0.670. The van der Waals surface area contributed by atoms with Gasteiger partial charge in [0.1, 0.15) is 11.1 Å². The summed E-state index contributed by atoms with van der Waals surface area (Å²) in [4.78, 5) is 42.7. The molecule has 0 bridgehead atoms. The molecule has 0 radical (unpaired) electrons. The molecular weight excluding hydrogens is 449 g/mol. The summed E-state index contributed by atoms with van der Waals surface area (Å²) in [6.45, 7) is 5.21. The summed E-state index contributed by atoms with van der Waals surface area (Å²) in [5.41, 5.74) is -2.78. The van der Waals surface area contributed by atoms with Crippen LogP contribution in [-0.4, -0.2) is 33.1 Å². The highest BCUT2D eigenvalue weighted by atomic mass is 19.4. The predicted molar refractivity (Wildman–Crippen MR) is 121 cm³/mol. The van der Waals surface area contributed by atoms with Crippen molar-refractivity contribution in [3.8, 4) is 0 Å². The molecule has 1 atom stereocenters. The molecule has 3 rings (SSSR count). The zero-order valence-electron chi connectivity index (χ0n) is 19.4. The summed E-state index contributed by atoms with van der Waals surface area (Å²) < 4.78 is 42.9. The second-order valence-corrected chi connectivity index (χ2v) is 9.56. The maximum Gasteiger partial charge on any atom is 0.414 e. The van der Waals surface area contributed by atoms with E-state index >= 15 is 0 Å². The molecule has 2 amide bonds. The molecule has 1 aliphatic rings. The van der Waals surface area contributed by atoms with Crippen molar-refractivity contribution in [2.75, 3.05) is 0 Å². The molecule has 10 heteroatoms. The Balaban J connectivity index is 2.04. The van der Waals surface area contributed by atoms with Crippen molar-refractivity contribution in [2.24, 2.45) is 0 Å². The van der Waals surface area contributed by atoms with E-state index in [9.17, 15) is 27.6 Å². The number of pyridine rings is 2. The van der Waals surface area contributed by atoms with Crippen LogP contribution in [0.2, 0.25) is 0 Å². The Hall–Kier alpha value is -3.17. The van der Waals surface area contributed by atoms with Crippen molar-refractivity contribution in [1.29, 1.82) is 0 Å². The lowest BCUT2D eigenvalue weighted by molar-refractivity contribution is -0.156. The second-order valence-electron chi connectivity index (χ2n) is 9.56. The number of carbonyl (C=O) groups is 2. The number of hydrogen-bond donors (Lipinski definition) is 2. The Bertz CT molecular complexity index is 1090. The highest BCUT2D eigenvalue weighted by Gasteiger charge is 2.43. The molecule has 34 heavy (non-hydrogen) atoms. The van der Waals surface area contributed by atoms with E-state index in [1.54, 1.807) is 25.3 Å². The number of hydrogen-bond acceptors (Lipinski definition) is 4. The Morgan fingerprint density at radius 3 is 2.18 bits per heavy atom. The average molecular weight is 479 g/mol. The lowest BCUT2D eigenvalue weighted by Gasteiger charge is -2.27. The molecule has 1 fully saturated rings. The van der Waals surface area contributed by atoms with Gasteiger partial charge in [0, 0.05) is 30.2 Å². The Morgan fingerprint density at radius 2 is 1.65 bits per heavy atom. The minimum Gasteiger partial charge on any atom is -0.349 e. The largest absolute Gasteiger partial charge is 0.414 e. The first-order valence-electron chi connectivity index (χ1n) is 11.2. The van der Waals surface area contributed by atoms with Gasteiger partial charge in [0.25, 0.3) is 11.8 Å². The average Bonchev–Trinajstić information content (AvgIpc) is 2.76. The number of nitrogens with zero attached hydrogens (tertiary/aromatic N) is 2. The van der Waals surface area contributed by atoms with Gasteiger partial charge in [-0.05, 0) is 45.7 Å². The fourth-order valence-corrected chi connectivity index (χ4v) is 4.00. The van der Waals surface area contributed by atoms with Gasteiger partial charge in [0.2, 0.25) is 5.43 Å². The van der Waals surface area contributed by atoms with Gasteiger partial charge in [-0.2, -0.15) is 13.2 Å². The van der Waals surface area contributed by atoms with E-state index in [0.29, 0.717) is 0 Å². The summed E-state index contributed by atoms with van der Waals surface area (Å²) in [6, 6.07) is 1.51. The summed E-state index contributed by atoms with van der Waals surface area (Å²) in [5, 5.41) is 4.59. The number of amides is 2. The molecule has 0 unspecified atom stereocenters. The van der Waals surface area contributed by atoms with E-state index < -0.39 is 46.3 Å². The predicted octanol–water partition coefficient (Wildman–Crippen LogP) is 4.31. The van der Waals surface area contributed by atoms with Gasteiger partial charge < -0.3 is 15.2 Å². The molecule has 2 aromatic rings. The third kappa shape index (κ3) is 6.24. The van der Waals surface area contributed by atoms with Crippen LogP contribution < -0.4 is 16.1 Å². The normalized spacial score (nSPS) is 16.1. The van der Waals surface area contributed by atoms with Crippen LogP contribution in [0.15, 0.2) is 41.6 Å². The van der Waals surface area contributed by atoms with E-state index in [0.717, 1.165) is 38.2 Å². The van der Waals surface area contributed by atoms with Crippen LogP contribution in [0, 0.1) is 0 Å². The minimum atomic E-state index is -4.84. The van der Waals surface area contributed by atoms with Gasteiger partial charge >= 0.3 is 6.18 Å². The van der Waals surface area contributed by atoms with Gasteiger partial charge in [0.15, 0.2) is 6.04 Å². The fraction of sp³-hybridized carbons (Fsp3) is 0.500. The number of halogens is 3. The summed E-state index contributed by atoms with van der Waals surface area (Å²) in [5.74, 6) is -1.90. The topological polar surface area (TPSA) is 93.1 Å². The lowest BCUT2D eigenvalue weighted by Crippen LogP contribution is -2.44.